The molecule has 1 aliphatic rings. The van der Waals surface area contributed by atoms with E-state index in [-0.39, 0.29) is 17.8 Å². The second-order valence-electron chi connectivity index (χ2n) is 9.55. The van der Waals surface area contributed by atoms with E-state index < -0.39 is 10.0 Å². The van der Waals surface area contributed by atoms with Crippen LogP contribution in [0.3, 0.4) is 0 Å². The maximum absolute atomic E-state index is 11.8. The molecule has 3 N–H and O–H groups in total. The van der Waals surface area contributed by atoms with Crippen LogP contribution in [-0.4, -0.2) is 34.4 Å². The van der Waals surface area contributed by atoms with Crippen LogP contribution in [-0.2, 0) is 10.0 Å². The number of aromatic nitrogens is 2. The lowest BCUT2D eigenvalue weighted by Crippen LogP contribution is -2.29. The average Bonchev–Trinajstić information content (AvgIpc) is 3.36. The molecule has 4 aromatic rings. The van der Waals surface area contributed by atoms with E-state index in [0.29, 0.717) is 10.8 Å². The molecule has 10 heteroatoms. The molecule has 2 atom stereocenters. The molecule has 196 valence electrons. The third-order valence-electron chi connectivity index (χ3n) is 6.78. The predicted octanol–water partition coefficient (Wildman–Crippen LogP) is 5.05. The van der Waals surface area contributed by atoms with Gasteiger partial charge in [-0.2, -0.15) is 0 Å². The quantitative estimate of drug-likeness (QED) is 0.291. The second kappa shape index (κ2) is 9.77. The van der Waals surface area contributed by atoms with Gasteiger partial charge in [0.05, 0.1) is 29.7 Å². The Kier molecular flexibility index (Phi) is 6.62. The van der Waals surface area contributed by atoms with Crippen molar-refractivity contribution in [3.05, 3.63) is 101 Å². The lowest BCUT2D eigenvalue weighted by molar-refractivity contribution is 0.475. The summed E-state index contributed by atoms with van der Waals surface area (Å²) in [7, 11) is -3.41. The van der Waals surface area contributed by atoms with Crippen LogP contribution >= 0.6 is 12.2 Å². The first-order chi connectivity index (χ1) is 18.0. The third kappa shape index (κ3) is 4.84. The number of hydrogen-bond acceptors (Lipinski definition) is 5. The number of phenolic OH excluding ortho intramolecular Hbond substituents is 1. The zero-order valence-electron chi connectivity index (χ0n) is 21.5. The number of rotatable bonds is 6. The van der Waals surface area contributed by atoms with E-state index in [1.165, 1.54) is 0 Å². The van der Waals surface area contributed by atoms with E-state index in [4.69, 9.17) is 12.2 Å². The molecule has 0 saturated carbocycles. The minimum absolute atomic E-state index is 0.215. The van der Waals surface area contributed by atoms with E-state index in [1.54, 1.807) is 24.4 Å². The van der Waals surface area contributed by atoms with Crippen molar-refractivity contribution in [2.24, 2.45) is 0 Å². The highest BCUT2D eigenvalue weighted by atomic mass is 32.2. The van der Waals surface area contributed by atoms with Gasteiger partial charge < -0.3 is 19.9 Å². The van der Waals surface area contributed by atoms with Crippen molar-refractivity contribution in [2.45, 2.75) is 32.9 Å². The first-order valence-electron chi connectivity index (χ1n) is 12.1. The molecule has 0 radical (unpaired) electrons. The highest BCUT2D eigenvalue weighted by Crippen LogP contribution is 2.44. The van der Waals surface area contributed by atoms with Crippen molar-refractivity contribution in [1.29, 1.82) is 0 Å². The van der Waals surface area contributed by atoms with Crippen LogP contribution in [0.5, 0.6) is 5.75 Å². The number of pyridine rings is 1. The maximum atomic E-state index is 11.8. The van der Waals surface area contributed by atoms with Gasteiger partial charge in [0, 0.05) is 29.0 Å². The Balaban J connectivity index is 1.65. The van der Waals surface area contributed by atoms with Crippen molar-refractivity contribution in [2.75, 3.05) is 15.9 Å². The fourth-order valence-electron chi connectivity index (χ4n) is 5.15. The minimum Gasteiger partial charge on any atom is -0.508 e. The molecule has 38 heavy (non-hydrogen) atoms. The van der Waals surface area contributed by atoms with Crippen molar-refractivity contribution < 1.29 is 13.5 Å². The lowest BCUT2D eigenvalue weighted by atomic mass is 9.96. The maximum Gasteiger partial charge on any atom is 0.229 e. The van der Waals surface area contributed by atoms with Crippen LogP contribution in [0.4, 0.5) is 11.4 Å². The van der Waals surface area contributed by atoms with E-state index in [2.05, 4.69) is 44.4 Å². The number of aryl methyl sites for hydroxylation is 2. The SMILES string of the molecule is Cc1cc(N2C(=S)N[C@@H](c3ccccn3)[C@@H]2c2cc(C)n(-c3ccc(O)cc3)c2C)ccc1NS(C)(=O)=O. The zero-order valence-corrected chi connectivity index (χ0v) is 23.1. The van der Waals surface area contributed by atoms with E-state index >= 15 is 0 Å². The Labute approximate surface area is 228 Å². The third-order valence-corrected chi connectivity index (χ3v) is 7.68. The molecule has 2 aromatic heterocycles. The Hall–Kier alpha value is -3.89. The normalized spacial score (nSPS) is 17.5. The average molecular weight is 548 g/mol. The number of anilines is 2. The number of benzene rings is 2. The highest BCUT2D eigenvalue weighted by Gasteiger charge is 2.42. The van der Waals surface area contributed by atoms with Crippen LogP contribution in [0.2, 0.25) is 0 Å². The summed E-state index contributed by atoms with van der Waals surface area (Å²) in [5.74, 6) is 0.215. The topological polar surface area (TPSA) is 99.5 Å². The molecule has 1 fully saturated rings. The number of nitrogens with zero attached hydrogens (tertiary/aromatic N) is 3. The summed E-state index contributed by atoms with van der Waals surface area (Å²) in [6, 6.07) is 20.3. The number of sulfonamides is 1. The van der Waals surface area contributed by atoms with Crippen molar-refractivity contribution in [3.8, 4) is 11.4 Å². The zero-order chi connectivity index (χ0) is 27.2. The fraction of sp³-hybridized carbons (Fsp3) is 0.214. The molecule has 1 aliphatic heterocycles. The van der Waals surface area contributed by atoms with Crippen LogP contribution in [0.1, 0.15) is 40.3 Å². The standard InChI is InChI=1S/C28H29N5O3S2/c1-17-15-21(10-13-24(17)31-38(4,35)36)33-27(26(30-28(33)37)25-7-5-6-14-29-25)23-16-18(2)32(19(23)3)20-8-11-22(34)12-9-20/h5-16,26-27,31,34H,1-4H3,(H,30,37)/t26-,27-/m0/s1. The van der Waals surface area contributed by atoms with Gasteiger partial charge in [0.25, 0.3) is 0 Å². The predicted molar refractivity (Wildman–Crippen MR) is 154 cm³/mol. The number of thiocarbonyl (C=S) groups is 1. The summed E-state index contributed by atoms with van der Waals surface area (Å²) in [5.41, 5.74) is 7.14. The largest absolute Gasteiger partial charge is 0.508 e. The molecule has 0 aliphatic carbocycles. The van der Waals surface area contributed by atoms with Crippen LogP contribution in [0.15, 0.2) is 72.9 Å². The lowest BCUT2D eigenvalue weighted by Gasteiger charge is -2.29. The fourth-order valence-corrected chi connectivity index (χ4v) is 6.12. The molecule has 0 spiro atoms. The Morgan fingerprint density at radius 1 is 1.00 bits per heavy atom. The summed E-state index contributed by atoms with van der Waals surface area (Å²) in [4.78, 5) is 6.72. The van der Waals surface area contributed by atoms with Gasteiger partial charge in [-0.1, -0.05) is 6.07 Å². The highest BCUT2D eigenvalue weighted by molar-refractivity contribution is 7.92. The Morgan fingerprint density at radius 2 is 1.71 bits per heavy atom. The van der Waals surface area contributed by atoms with Gasteiger partial charge in [-0.25, -0.2) is 8.42 Å². The summed E-state index contributed by atoms with van der Waals surface area (Å²) in [6.07, 6.45) is 2.91. The molecule has 0 bridgehead atoms. The summed E-state index contributed by atoms with van der Waals surface area (Å²) in [5, 5.41) is 13.8. The van der Waals surface area contributed by atoms with Gasteiger partial charge in [0.2, 0.25) is 10.0 Å². The monoisotopic (exact) mass is 547 g/mol. The molecular weight excluding hydrogens is 518 g/mol. The molecule has 1 saturated heterocycles. The summed E-state index contributed by atoms with van der Waals surface area (Å²) < 4.78 is 28.4. The molecule has 3 heterocycles. The minimum atomic E-state index is -3.41. The van der Waals surface area contributed by atoms with Crippen molar-refractivity contribution in [3.63, 3.8) is 0 Å². The number of aromatic hydroxyl groups is 1. The van der Waals surface area contributed by atoms with Gasteiger partial charge in [0.1, 0.15) is 5.75 Å². The smallest absolute Gasteiger partial charge is 0.229 e. The van der Waals surface area contributed by atoms with Gasteiger partial charge in [-0.3, -0.25) is 9.71 Å². The van der Waals surface area contributed by atoms with Crippen LogP contribution < -0.4 is 14.9 Å². The summed E-state index contributed by atoms with van der Waals surface area (Å²) >= 11 is 5.87. The molecular formula is C28H29N5O3S2. The molecule has 0 amide bonds. The molecule has 5 rings (SSSR count). The molecule has 0 unspecified atom stereocenters. The van der Waals surface area contributed by atoms with Gasteiger partial charge in [0.15, 0.2) is 5.11 Å². The first kappa shape index (κ1) is 25.7. The van der Waals surface area contributed by atoms with Gasteiger partial charge in [-0.15, -0.1) is 0 Å². The molecule has 8 nitrogen and oxygen atoms in total. The molecule has 2 aromatic carbocycles. The number of phenols is 1. The van der Waals surface area contributed by atoms with E-state index in [1.807, 2.05) is 49.4 Å². The van der Waals surface area contributed by atoms with E-state index in [9.17, 15) is 13.5 Å². The number of nitrogens with one attached hydrogen (secondary N) is 2. The van der Waals surface area contributed by atoms with E-state index in [0.717, 1.165) is 45.8 Å². The van der Waals surface area contributed by atoms with Gasteiger partial charge in [-0.05, 0) is 105 Å². The summed E-state index contributed by atoms with van der Waals surface area (Å²) in [6.45, 7) is 6.00. The Morgan fingerprint density at radius 3 is 2.34 bits per heavy atom. The van der Waals surface area contributed by atoms with Crippen LogP contribution in [0, 0.1) is 20.8 Å². The van der Waals surface area contributed by atoms with Crippen molar-refractivity contribution in [1.82, 2.24) is 14.9 Å². The van der Waals surface area contributed by atoms with Crippen molar-refractivity contribution >= 4 is 38.7 Å². The van der Waals surface area contributed by atoms with Gasteiger partial charge >= 0.3 is 0 Å². The second-order valence-corrected chi connectivity index (χ2v) is 11.7. The Bertz CT molecular complexity index is 1620. The first-order valence-corrected chi connectivity index (χ1v) is 14.4. The van der Waals surface area contributed by atoms with Crippen LogP contribution in [0.25, 0.3) is 5.69 Å². The number of hydrogen-bond donors (Lipinski definition) is 3.